The summed E-state index contributed by atoms with van der Waals surface area (Å²) in [5.41, 5.74) is 5.19. The van der Waals surface area contributed by atoms with Crippen molar-refractivity contribution in [2.24, 2.45) is 11.0 Å². The highest BCUT2D eigenvalue weighted by Crippen LogP contribution is 2.35. The fraction of sp³-hybridized carbons (Fsp3) is 0.238. The van der Waals surface area contributed by atoms with Gasteiger partial charge in [0.25, 0.3) is 0 Å². The summed E-state index contributed by atoms with van der Waals surface area (Å²) in [4.78, 5) is 14.0. The second-order valence-electron chi connectivity index (χ2n) is 7.25. The zero-order chi connectivity index (χ0) is 20.0. The molecule has 0 radical (unpaired) electrons. The minimum atomic E-state index is -0.265. The van der Waals surface area contributed by atoms with Gasteiger partial charge in [0.05, 0.1) is 16.5 Å². The summed E-state index contributed by atoms with van der Waals surface area (Å²) in [6, 6.07) is 10.5. The quantitative estimate of drug-likeness (QED) is 0.717. The SMILES string of the molecule is O=C1NN=CC1CN1CCOc2c(Cl)cc(-n3ccc4cc(F)ccc43)cc2C1. The number of amides is 1. The molecule has 2 aromatic carbocycles. The van der Waals surface area contributed by atoms with E-state index in [-0.39, 0.29) is 17.6 Å². The molecule has 1 aromatic heterocycles. The molecule has 0 fully saturated rings. The van der Waals surface area contributed by atoms with Gasteiger partial charge in [0.1, 0.15) is 18.2 Å². The number of hydrogen-bond donors (Lipinski definition) is 1. The van der Waals surface area contributed by atoms with Crippen molar-refractivity contribution in [2.45, 2.75) is 6.54 Å². The van der Waals surface area contributed by atoms with Crippen LogP contribution in [-0.4, -0.2) is 41.3 Å². The van der Waals surface area contributed by atoms with Crippen LogP contribution in [0.15, 0.2) is 47.7 Å². The Morgan fingerprint density at radius 2 is 2.17 bits per heavy atom. The number of fused-ring (bicyclic) bond motifs is 2. The van der Waals surface area contributed by atoms with E-state index in [9.17, 15) is 9.18 Å². The molecule has 8 heteroatoms. The highest BCUT2D eigenvalue weighted by molar-refractivity contribution is 6.32. The van der Waals surface area contributed by atoms with Crippen LogP contribution < -0.4 is 10.2 Å². The number of aromatic nitrogens is 1. The molecule has 0 aliphatic carbocycles. The molecule has 2 aliphatic rings. The molecule has 29 heavy (non-hydrogen) atoms. The highest BCUT2D eigenvalue weighted by Gasteiger charge is 2.26. The number of benzene rings is 2. The van der Waals surface area contributed by atoms with Crippen molar-refractivity contribution in [2.75, 3.05) is 19.7 Å². The molecule has 148 valence electrons. The maximum atomic E-state index is 13.5. The fourth-order valence-electron chi connectivity index (χ4n) is 3.89. The summed E-state index contributed by atoms with van der Waals surface area (Å²) in [5.74, 6) is 0.0513. The number of hydrogen-bond acceptors (Lipinski definition) is 4. The largest absolute Gasteiger partial charge is 0.490 e. The van der Waals surface area contributed by atoms with Crippen molar-refractivity contribution in [1.29, 1.82) is 0 Å². The Morgan fingerprint density at radius 3 is 3.00 bits per heavy atom. The summed E-state index contributed by atoms with van der Waals surface area (Å²) < 4.78 is 21.4. The van der Waals surface area contributed by atoms with Crippen molar-refractivity contribution in [3.05, 3.63) is 59.0 Å². The molecule has 1 atom stereocenters. The van der Waals surface area contributed by atoms with Crippen LogP contribution in [0.3, 0.4) is 0 Å². The van der Waals surface area contributed by atoms with Gasteiger partial charge in [-0.05, 0) is 36.4 Å². The Bertz CT molecular complexity index is 1140. The predicted octanol–water partition coefficient (Wildman–Crippen LogP) is 3.35. The van der Waals surface area contributed by atoms with Gasteiger partial charge in [-0.3, -0.25) is 9.69 Å². The van der Waals surface area contributed by atoms with Crippen molar-refractivity contribution in [3.8, 4) is 11.4 Å². The van der Waals surface area contributed by atoms with Crippen LogP contribution in [-0.2, 0) is 11.3 Å². The standard InChI is InChI=1S/C21H18ClFN4O2/c22-18-9-17(27-4-3-13-7-16(23)1-2-19(13)27)8-14-11-26(5-6-29-20(14)18)12-15-10-24-25-21(15)28/h1-4,7-10,15H,5-6,11-12H2,(H,25,28). The summed E-state index contributed by atoms with van der Waals surface area (Å²) in [6.45, 7) is 2.34. The molecule has 1 N–H and O–H groups in total. The van der Waals surface area contributed by atoms with Crippen molar-refractivity contribution in [3.63, 3.8) is 0 Å². The molecule has 3 aromatic rings. The summed E-state index contributed by atoms with van der Waals surface area (Å²) >= 11 is 6.55. The number of nitrogens with one attached hydrogen (secondary N) is 1. The zero-order valence-corrected chi connectivity index (χ0v) is 16.2. The van der Waals surface area contributed by atoms with E-state index < -0.39 is 0 Å². The lowest BCUT2D eigenvalue weighted by Crippen LogP contribution is -2.35. The first-order chi connectivity index (χ1) is 14.1. The monoisotopic (exact) mass is 412 g/mol. The van der Waals surface area contributed by atoms with Crippen molar-refractivity contribution >= 4 is 34.6 Å². The number of carbonyl (C=O) groups is 1. The first kappa shape index (κ1) is 18.1. The summed E-state index contributed by atoms with van der Waals surface area (Å²) in [7, 11) is 0. The van der Waals surface area contributed by atoms with E-state index in [0.29, 0.717) is 37.0 Å². The highest BCUT2D eigenvalue weighted by atomic mass is 35.5. The Kier molecular flexibility index (Phi) is 4.49. The smallest absolute Gasteiger partial charge is 0.249 e. The van der Waals surface area contributed by atoms with Gasteiger partial charge in [0, 0.05) is 48.7 Å². The Morgan fingerprint density at radius 1 is 1.28 bits per heavy atom. The van der Waals surface area contributed by atoms with Crippen molar-refractivity contribution < 1.29 is 13.9 Å². The second-order valence-corrected chi connectivity index (χ2v) is 7.66. The van der Waals surface area contributed by atoms with E-state index in [1.807, 2.05) is 29.0 Å². The first-order valence-corrected chi connectivity index (χ1v) is 9.74. The van der Waals surface area contributed by atoms with Gasteiger partial charge in [0.2, 0.25) is 5.91 Å². The fourth-order valence-corrected chi connectivity index (χ4v) is 4.18. The van der Waals surface area contributed by atoms with Crippen LogP contribution in [0, 0.1) is 11.7 Å². The molecule has 3 heterocycles. The van der Waals surface area contributed by atoms with E-state index >= 15 is 0 Å². The zero-order valence-electron chi connectivity index (χ0n) is 15.4. The van der Waals surface area contributed by atoms with Gasteiger partial charge in [-0.1, -0.05) is 11.6 Å². The number of rotatable bonds is 3. The molecular weight excluding hydrogens is 395 g/mol. The lowest BCUT2D eigenvalue weighted by atomic mass is 10.1. The topological polar surface area (TPSA) is 58.9 Å². The number of ether oxygens (including phenoxy) is 1. The van der Waals surface area contributed by atoms with Crippen LogP contribution in [0.2, 0.25) is 5.02 Å². The third-order valence-electron chi connectivity index (χ3n) is 5.30. The minimum Gasteiger partial charge on any atom is -0.490 e. The van der Waals surface area contributed by atoms with E-state index in [1.54, 1.807) is 12.3 Å². The average molecular weight is 413 g/mol. The minimum absolute atomic E-state index is 0.0896. The summed E-state index contributed by atoms with van der Waals surface area (Å²) in [6.07, 6.45) is 3.54. The van der Waals surface area contributed by atoms with E-state index in [1.165, 1.54) is 12.1 Å². The molecule has 2 aliphatic heterocycles. The first-order valence-electron chi connectivity index (χ1n) is 9.36. The second kappa shape index (κ2) is 7.17. The predicted molar refractivity (Wildman–Crippen MR) is 109 cm³/mol. The third-order valence-corrected chi connectivity index (χ3v) is 5.59. The van der Waals surface area contributed by atoms with Crippen molar-refractivity contribution in [1.82, 2.24) is 14.9 Å². The molecule has 6 nitrogen and oxygen atoms in total. The molecule has 0 bridgehead atoms. The maximum absolute atomic E-state index is 13.5. The molecule has 1 amide bonds. The van der Waals surface area contributed by atoms with E-state index in [0.717, 1.165) is 22.2 Å². The molecule has 0 saturated carbocycles. The molecule has 0 spiro atoms. The average Bonchev–Trinajstić information content (AvgIpc) is 3.22. The van der Waals surface area contributed by atoms with E-state index in [2.05, 4.69) is 15.4 Å². The normalized spacial score (nSPS) is 19.1. The molecule has 0 saturated heterocycles. The molecular formula is C21H18ClFN4O2. The third kappa shape index (κ3) is 3.36. The van der Waals surface area contributed by atoms with Crippen LogP contribution in [0.4, 0.5) is 4.39 Å². The number of hydrazone groups is 1. The van der Waals surface area contributed by atoms with Gasteiger partial charge in [-0.25, -0.2) is 9.82 Å². The lowest BCUT2D eigenvalue weighted by Gasteiger charge is -2.21. The lowest BCUT2D eigenvalue weighted by molar-refractivity contribution is -0.122. The molecule has 5 rings (SSSR count). The Labute approximate surface area is 171 Å². The number of halogens is 2. The van der Waals surface area contributed by atoms with Crippen LogP contribution in [0.5, 0.6) is 5.75 Å². The Hall–Kier alpha value is -2.90. The van der Waals surface area contributed by atoms with Crippen LogP contribution in [0.1, 0.15) is 5.56 Å². The summed E-state index contributed by atoms with van der Waals surface area (Å²) in [5, 5.41) is 5.19. The number of carbonyl (C=O) groups excluding carboxylic acids is 1. The van der Waals surface area contributed by atoms with Gasteiger partial charge >= 0.3 is 0 Å². The Balaban J connectivity index is 1.50. The molecule has 1 unspecified atom stereocenters. The number of nitrogens with zero attached hydrogens (tertiary/aromatic N) is 3. The van der Waals surface area contributed by atoms with Gasteiger partial charge in [-0.2, -0.15) is 5.10 Å². The van der Waals surface area contributed by atoms with Crippen LogP contribution in [0.25, 0.3) is 16.6 Å². The van der Waals surface area contributed by atoms with Gasteiger partial charge in [0.15, 0.2) is 0 Å². The maximum Gasteiger partial charge on any atom is 0.249 e. The van der Waals surface area contributed by atoms with E-state index in [4.69, 9.17) is 16.3 Å². The van der Waals surface area contributed by atoms with Crippen LogP contribution >= 0.6 is 11.6 Å². The van der Waals surface area contributed by atoms with Gasteiger partial charge in [-0.15, -0.1) is 0 Å². The van der Waals surface area contributed by atoms with Gasteiger partial charge < -0.3 is 9.30 Å².